The molecular weight excluding hydrogens is 358 g/mol. The van der Waals surface area contributed by atoms with Gasteiger partial charge in [0.2, 0.25) is 5.91 Å². The number of rotatable bonds is 5. The summed E-state index contributed by atoms with van der Waals surface area (Å²) in [4.78, 5) is 16.0. The summed E-state index contributed by atoms with van der Waals surface area (Å²) in [6.45, 7) is -0.260. The van der Waals surface area contributed by atoms with Crippen molar-refractivity contribution in [2.75, 3.05) is 5.32 Å². The third kappa shape index (κ3) is 3.49. The van der Waals surface area contributed by atoms with Gasteiger partial charge in [0.05, 0.1) is 5.69 Å². The highest BCUT2D eigenvalue weighted by atomic mass is 79.9. The standard InChI is InChI=1S/C14H13BrF2N4O/c15-9-3-4-12(18-6-9)19-13(22)7-21-11(14(16)17)5-10(20-21)8-1-2-8/h3-6,8,14H,1-2,7H2,(H,18,19,22). The lowest BCUT2D eigenvalue weighted by atomic mass is 10.3. The van der Waals surface area contributed by atoms with E-state index in [4.69, 9.17) is 0 Å². The Labute approximate surface area is 133 Å². The van der Waals surface area contributed by atoms with Gasteiger partial charge in [-0.1, -0.05) is 0 Å². The maximum atomic E-state index is 13.0. The van der Waals surface area contributed by atoms with Gasteiger partial charge < -0.3 is 5.32 Å². The molecule has 0 radical (unpaired) electrons. The Balaban J connectivity index is 1.71. The molecule has 0 bridgehead atoms. The lowest BCUT2D eigenvalue weighted by Crippen LogP contribution is -2.21. The Morgan fingerprint density at radius 1 is 1.45 bits per heavy atom. The number of halogens is 3. The highest BCUT2D eigenvalue weighted by molar-refractivity contribution is 9.10. The molecule has 0 saturated heterocycles. The minimum Gasteiger partial charge on any atom is -0.309 e. The van der Waals surface area contributed by atoms with Crippen LogP contribution in [0.2, 0.25) is 0 Å². The molecule has 5 nitrogen and oxygen atoms in total. The van der Waals surface area contributed by atoms with Gasteiger partial charge in [-0.05, 0) is 47.0 Å². The Morgan fingerprint density at radius 3 is 2.82 bits per heavy atom. The first-order valence-corrected chi connectivity index (χ1v) is 7.59. The fourth-order valence-corrected chi connectivity index (χ4v) is 2.34. The van der Waals surface area contributed by atoms with Gasteiger partial charge in [0.1, 0.15) is 18.1 Å². The molecule has 0 unspecified atom stereocenters. The molecule has 8 heteroatoms. The second kappa shape index (κ2) is 6.12. The van der Waals surface area contributed by atoms with Crippen molar-refractivity contribution < 1.29 is 13.6 Å². The zero-order valence-electron chi connectivity index (χ0n) is 11.5. The summed E-state index contributed by atoms with van der Waals surface area (Å²) in [6.07, 6.45) is 0.821. The minimum atomic E-state index is -2.65. The van der Waals surface area contributed by atoms with Crippen LogP contribution in [0.15, 0.2) is 28.9 Å². The van der Waals surface area contributed by atoms with E-state index in [0.29, 0.717) is 11.5 Å². The van der Waals surface area contributed by atoms with Gasteiger partial charge in [-0.15, -0.1) is 0 Å². The zero-order valence-corrected chi connectivity index (χ0v) is 13.1. The van der Waals surface area contributed by atoms with E-state index in [1.165, 1.54) is 6.07 Å². The number of anilines is 1. The normalized spacial score (nSPS) is 14.4. The van der Waals surface area contributed by atoms with E-state index in [1.54, 1.807) is 18.3 Å². The van der Waals surface area contributed by atoms with Gasteiger partial charge in [0.25, 0.3) is 6.43 Å². The fourth-order valence-electron chi connectivity index (χ4n) is 2.10. The van der Waals surface area contributed by atoms with Crippen molar-refractivity contribution >= 4 is 27.7 Å². The molecule has 2 aromatic heterocycles. The summed E-state index contributed by atoms with van der Waals surface area (Å²) in [5.41, 5.74) is 0.422. The first kappa shape index (κ1) is 15.1. The van der Waals surface area contributed by atoms with Crippen LogP contribution < -0.4 is 5.32 Å². The average Bonchev–Trinajstić information content (AvgIpc) is 3.23. The summed E-state index contributed by atoms with van der Waals surface area (Å²) >= 11 is 3.24. The Morgan fingerprint density at radius 2 is 2.23 bits per heavy atom. The van der Waals surface area contributed by atoms with Gasteiger partial charge in [-0.2, -0.15) is 5.10 Å². The molecule has 22 heavy (non-hydrogen) atoms. The first-order valence-electron chi connectivity index (χ1n) is 6.80. The van der Waals surface area contributed by atoms with Gasteiger partial charge in [-0.25, -0.2) is 13.8 Å². The fraction of sp³-hybridized carbons (Fsp3) is 0.357. The van der Waals surface area contributed by atoms with E-state index in [2.05, 4.69) is 31.3 Å². The van der Waals surface area contributed by atoms with Crippen LogP contribution in [0.1, 0.15) is 36.6 Å². The summed E-state index contributed by atoms with van der Waals surface area (Å²) < 4.78 is 27.9. The highest BCUT2D eigenvalue weighted by Crippen LogP contribution is 2.40. The number of alkyl halides is 2. The van der Waals surface area contributed by atoms with E-state index in [1.807, 2.05) is 0 Å². The monoisotopic (exact) mass is 370 g/mol. The van der Waals surface area contributed by atoms with Crippen LogP contribution in [0.3, 0.4) is 0 Å². The zero-order chi connectivity index (χ0) is 15.7. The molecule has 1 amide bonds. The number of carbonyl (C=O) groups excluding carboxylic acids is 1. The molecule has 1 aliphatic carbocycles. The number of hydrogen-bond acceptors (Lipinski definition) is 3. The van der Waals surface area contributed by atoms with E-state index in [9.17, 15) is 13.6 Å². The van der Waals surface area contributed by atoms with E-state index >= 15 is 0 Å². The lowest BCUT2D eigenvalue weighted by Gasteiger charge is -2.07. The second-order valence-corrected chi connectivity index (χ2v) is 6.05. The van der Waals surface area contributed by atoms with Crippen molar-refractivity contribution in [3.63, 3.8) is 0 Å². The van der Waals surface area contributed by atoms with Crippen molar-refractivity contribution in [2.45, 2.75) is 31.7 Å². The molecule has 2 heterocycles. The van der Waals surface area contributed by atoms with Crippen LogP contribution in [0, 0.1) is 0 Å². The number of nitrogens with zero attached hydrogens (tertiary/aromatic N) is 3. The number of aromatic nitrogens is 3. The Hall–Kier alpha value is -1.83. The maximum absolute atomic E-state index is 13.0. The molecule has 0 spiro atoms. The highest BCUT2D eigenvalue weighted by Gasteiger charge is 2.29. The van der Waals surface area contributed by atoms with Gasteiger partial charge >= 0.3 is 0 Å². The number of amides is 1. The van der Waals surface area contributed by atoms with Crippen molar-refractivity contribution in [3.8, 4) is 0 Å². The molecule has 1 aliphatic rings. The van der Waals surface area contributed by atoms with Gasteiger partial charge in [0, 0.05) is 16.6 Å². The molecule has 1 fully saturated rings. The Kier molecular flexibility index (Phi) is 4.19. The molecule has 0 aromatic carbocycles. The maximum Gasteiger partial charge on any atom is 0.280 e. The molecule has 116 valence electrons. The topological polar surface area (TPSA) is 59.8 Å². The van der Waals surface area contributed by atoms with Gasteiger partial charge in [0.15, 0.2) is 0 Å². The summed E-state index contributed by atoms with van der Waals surface area (Å²) in [7, 11) is 0. The molecule has 1 saturated carbocycles. The third-order valence-electron chi connectivity index (χ3n) is 3.34. The second-order valence-electron chi connectivity index (χ2n) is 5.14. The first-order chi connectivity index (χ1) is 10.5. The van der Waals surface area contributed by atoms with E-state index in [0.717, 1.165) is 22.0 Å². The number of carbonyl (C=O) groups is 1. The quantitative estimate of drug-likeness (QED) is 0.875. The predicted octanol–water partition coefficient (Wildman–Crippen LogP) is 3.49. The molecule has 3 rings (SSSR count). The van der Waals surface area contributed by atoms with Crippen LogP contribution in [0.25, 0.3) is 0 Å². The van der Waals surface area contributed by atoms with E-state index in [-0.39, 0.29) is 18.2 Å². The predicted molar refractivity (Wildman–Crippen MR) is 79.7 cm³/mol. The minimum absolute atomic E-state index is 0.221. The number of hydrogen-bond donors (Lipinski definition) is 1. The van der Waals surface area contributed by atoms with Crippen LogP contribution in [0.4, 0.5) is 14.6 Å². The molecule has 2 aromatic rings. The molecule has 0 atom stereocenters. The van der Waals surface area contributed by atoms with Crippen LogP contribution in [-0.4, -0.2) is 20.7 Å². The number of nitrogens with one attached hydrogen (secondary N) is 1. The van der Waals surface area contributed by atoms with Crippen LogP contribution >= 0.6 is 15.9 Å². The number of pyridine rings is 1. The smallest absolute Gasteiger partial charge is 0.280 e. The molecular formula is C14H13BrF2N4O. The van der Waals surface area contributed by atoms with Crippen molar-refractivity contribution in [1.29, 1.82) is 0 Å². The third-order valence-corrected chi connectivity index (χ3v) is 3.81. The van der Waals surface area contributed by atoms with Crippen molar-refractivity contribution in [1.82, 2.24) is 14.8 Å². The summed E-state index contributed by atoms with van der Waals surface area (Å²) in [6, 6.07) is 4.74. The molecule has 0 aliphatic heterocycles. The van der Waals surface area contributed by atoms with Crippen molar-refractivity contribution in [3.05, 3.63) is 40.3 Å². The SMILES string of the molecule is O=C(Cn1nc(C2CC2)cc1C(F)F)Nc1ccc(Br)cn1. The largest absolute Gasteiger partial charge is 0.309 e. The van der Waals surface area contributed by atoms with Crippen LogP contribution in [0.5, 0.6) is 0 Å². The lowest BCUT2D eigenvalue weighted by molar-refractivity contribution is -0.117. The summed E-state index contributed by atoms with van der Waals surface area (Å²) in [5.74, 6) is 0.179. The molecule has 1 N–H and O–H groups in total. The summed E-state index contributed by atoms with van der Waals surface area (Å²) in [5, 5.41) is 6.70. The Bertz CT molecular complexity index is 683. The van der Waals surface area contributed by atoms with Gasteiger partial charge in [-0.3, -0.25) is 9.48 Å². The van der Waals surface area contributed by atoms with Crippen LogP contribution in [-0.2, 0) is 11.3 Å². The average molecular weight is 371 g/mol. The van der Waals surface area contributed by atoms with Crippen molar-refractivity contribution in [2.24, 2.45) is 0 Å². The van der Waals surface area contributed by atoms with E-state index < -0.39 is 12.3 Å².